The number of benzene rings is 2. The summed E-state index contributed by atoms with van der Waals surface area (Å²) in [4.78, 5) is 30.7. The quantitative estimate of drug-likeness (QED) is 0.379. The molecule has 5 rings (SSSR count). The third kappa shape index (κ3) is 4.86. The summed E-state index contributed by atoms with van der Waals surface area (Å²) in [5, 5.41) is 9.61. The number of anilines is 1. The molecule has 0 radical (unpaired) electrons. The van der Waals surface area contributed by atoms with E-state index in [0.29, 0.717) is 17.9 Å². The molecule has 0 atom stereocenters. The summed E-state index contributed by atoms with van der Waals surface area (Å²) in [6.07, 6.45) is 8.14. The standard InChI is InChI=1S/C28H33N5O3/c1-19-8-9-20(26(34)31-21-10-11-21)18-23(19)33-16-14-30-25(27(33)35)32-28(12-5-13-28)22-6-3-4-7-24(22)36-17-15-29-2/h3-4,6-9,14,16,18,21,29H,5,10-13,15,17H2,1-2H3,(H,30,32)(H,31,34). The molecule has 0 saturated heterocycles. The minimum Gasteiger partial charge on any atom is -0.492 e. The van der Waals surface area contributed by atoms with Gasteiger partial charge in [-0.15, -0.1) is 0 Å². The van der Waals surface area contributed by atoms with Gasteiger partial charge in [-0.3, -0.25) is 14.2 Å². The van der Waals surface area contributed by atoms with Crippen LogP contribution in [-0.4, -0.2) is 41.7 Å². The Balaban J connectivity index is 1.46. The number of para-hydroxylation sites is 1. The van der Waals surface area contributed by atoms with Crippen molar-refractivity contribution in [1.82, 2.24) is 20.2 Å². The van der Waals surface area contributed by atoms with Gasteiger partial charge in [-0.05, 0) is 69.8 Å². The van der Waals surface area contributed by atoms with Crippen LogP contribution in [0.25, 0.3) is 5.69 Å². The Kier molecular flexibility index (Phi) is 6.78. The van der Waals surface area contributed by atoms with Gasteiger partial charge in [0.25, 0.3) is 11.5 Å². The largest absolute Gasteiger partial charge is 0.492 e. The van der Waals surface area contributed by atoms with E-state index in [-0.39, 0.29) is 23.3 Å². The van der Waals surface area contributed by atoms with E-state index in [2.05, 4.69) is 27.0 Å². The van der Waals surface area contributed by atoms with Crippen LogP contribution in [-0.2, 0) is 5.54 Å². The van der Waals surface area contributed by atoms with Crippen molar-refractivity contribution < 1.29 is 9.53 Å². The van der Waals surface area contributed by atoms with Gasteiger partial charge in [0, 0.05) is 36.1 Å². The Morgan fingerprint density at radius 2 is 2.00 bits per heavy atom. The first-order valence-electron chi connectivity index (χ1n) is 12.7. The predicted molar refractivity (Wildman–Crippen MR) is 140 cm³/mol. The number of nitrogens with one attached hydrogen (secondary N) is 3. The second-order valence-electron chi connectivity index (χ2n) is 9.71. The molecule has 8 heteroatoms. The summed E-state index contributed by atoms with van der Waals surface area (Å²) in [7, 11) is 1.90. The summed E-state index contributed by atoms with van der Waals surface area (Å²) in [6.45, 7) is 3.24. The van der Waals surface area contributed by atoms with Crippen LogP contribution in [0.3, 0.4) is 0 Å². The molecule has 188 valence electrons. The first-order chi connectivity index (χ1) is 17.5. The normalized spacial score (nSPS) is 16.2. The minimum absolute atomic E-state index is 0.109. The number of hydrogen-bond acceptors (Lipinski definition) is 6. The van der Waals surface area contributed by atoms with E-state index in [0.717, 1.165) is 55.5 Å². The van der Waals surface area contributed by atoms with E-state index in [1.807, 2.05) is 38.2 Å². The molecule has 2 aromatic carbocycles. The highest BCUT2D eigenvalue weighted by Crippen LogP contribution is 2.46. The summed E-state index contributed by atoms with van der Waals surface area (Å²) in [6, 6.07) is 13.7. The topological polar surface area (TPSA) is 97.3 Å². The van der Waals surface area contributed by atoms with Gasteiger partial charge in [-0.1, -0.05) is 24.3 Å². The predicted octanol–water partition coefficient (Wildman–Crippen LogP) is 3.52. The molecule has 1 aromatic heterocycles. The van der Waals surface area contributed by atoms with Crippen LogP contribution in [0, 0.1) is 6.92 Å². The zero-order chi connectivity index (χ0) is 25.1. The van der Waals surface area contributed by atoms with E-state index < -0.39 is 5.54 Å². The van der Waals surface area contributed by atoms with Crippen molar-refractivity contribution in [2.45, 2.75) is 50.6 Å². The smallest absolute Gasteiger partial charge is 0.297 e. The summed E-state index contributed by atoms with van der Waals surface area (Å²) in [5.74, 6) is 0.999. The fraction of sp³-hybridized carbons (Fsp3) is 0.393. The Bertz CT molecular complexity index is 1310. The molecule has 3 N–H and O–H groups in total. The average molecular weight is 488 g/mol. The van der Waals surface area contributed by atoms with Crippen molar-refractivity contribution in [3.63, 3.8) is 0 Å². The van der Waals surface area contributed by atoms with E-state index in [9.17, 15) is 9.59 Å². The van der Waals surface area contributed by atoms with Crippen LogP contribution in [0.2, 0.25) is 0 Å². The van der Waals surface area contributed by atoms with Crippen molar-refractivity contribution >= 4 is 11.7 Å². The second kappa shape index (κ2) is 10.1. The number of carbonyl (C=O) groups is 1. The Morgan fingerprint density at radius 1 is 1.19 bits per heavy atom. The molecule has 2 fully saturated rings. The minimum atomic E-state index is -0.414. The van der Waals surface area contributed by atoms with Crippen LogP contribution < -0.4 is 26.2 Å². The Morgan fingerprint density at radius 3 is 2.72 bits per heavy atom. The first kappa shape index (κ1) is 24.1. The van der Waals surface area contributed by atoms with Gasteiger partial charge < -0.3 is 20.7 Å². The number of rotatable bonds is 10. The van der Waals surface area contributed by atoms with Gasteiger partial charge in [0.2, 0.25) is 0 Å². The zero-order valence-corrected chi connectivity index (χ0v) is 20.8. The van der Waals surface area contributed by atoms with Crippen molar-refractivity contribution in [2.24, 2.45) is 0 Å². The maximum atomic E-state index is 13.6. The fourth-order valence-corrected chi connectivity index (χ4v) is 4.66. The lowest BCUT2D eigenvalue weighted by Crippen LogP contribution is -2.44. The summed E-state index contributed by atoms with van der Waals surface area (Å²) >= 11 is 0. The average Bonchev–Trinajstić information content (AvgIpc) is 3.67. The number of carbonyl (C=O) groups excluding carboxylic acids is 1. The highest BCUT2D eigenvalue weighted by Gasteiger charge is 2.41. The van der Waals surface area contributed by atoms with Gasteiger partial charge in [0.15, 0.2) is 5.82 Å². The van der Waals surface area contributed by atoms with Crippen LogP contribution in [0.15, 0.2) is 59.7 Å². The highest BCUT2D eigenvalue weighted by atomic mass is 16.5. The summed E-state index contributed by atoms with van der Waals surface area (Å²) in [5.41, 5.74) is 2.50. The van der Waals surface area contributed by atoms with Crippen molar-refractivity contribution in [2.75, 3.05) is 25.5 Å². The number of amides is 1. The highest BCUT2D eigenvalue weighted by molar-refractivity contribution is 5.95. The molecule has 1 amide bonds. The molecule has 36 heavy (non-hydrogen) atoms. The van der Waals surface area contributed by atoms with Crippen LogP contribution in [0.1, 0.15) is 53.6 Å². The van der Waals surface area contributed by atoms with Crippen molar-refractivity contribution in [1.29, 1.82) is 0 Å². The maximum Gasteiger partial charge on any atom is 0.297 e. The zero-order valence-electron chi connectivity index (χ0n) is 20.8. The molecule has 0 bridgehead atoms. The molecular weight excluding hydrogens is 454 g/mol. The van der Waals surface area contributed by atoms with Gasteiger partial charge in [0.1, 0.15) is 12.4 Å². The molecular formula is C28H33N5O3. The van der Waals surface area contributed by atoms with Gasteiger partial charge in [-0.2, -0.15) is 0 Å². The second-order valence-corrected chi connectivity index (χ2v) is 9.71. The number of ether oxygens (including phenoxy) is 1. The maximum absolute atomic E-state index is 13.6. The first-order valence-corrected chi connectivity index (χ1v) is 12.7. The van der Waals surface area contributed by atoms with Gasteiger partial charge in [0.05, 0.1) is 11.2 Å². The molecule has 2 saturated carbocycles. The molecule has 0 spiro atoms. The molecule has 8 nitrogen and oxygen atoms in total. The lowest BCUT2D eigenvalue weighted by molar-refractivity contribution is 0.0951. The Hall–Kier alpha value is -3.65. The third-order valence-corrected chi connectivity index (χ3v) is 7.06. The monoisotopic (exact) mass is 487 g/mol. The van der Waals surface area contributed by atoms with E-state index in [1.165, 1.54) is 0 Å². The van der Waals surface area contributed by atoms with E-state index in [1.54, 1.807) is 29.1 Å². The number of likely N-dealkylation sites (N-methyl/N-ethyl adjacent to an activating group) is 1. The van der Waals surface area contributed by atoms with Crippen molar-refractivity contribution in [3.8, 4) is 11.4 Å². The Labute approximate surface area is 211 Å². The molecule has 3 aromatic rings. The molecule has 0 aliphatic heterocycles. The molecule has 0 unspecified atom stereocenters. The van der Waals surface area contributed by atoms with Gasteiger partial charge in [-0.25, -0.2) is 4.98 Å². The van der Waals surface area contributed by atoms with Crippen LogP contribution >= 0.6 is 0 Å². The van der Waals surface area contributed by atoms with Crippen LogP contribution in [0.4, 0.5) is 5.82 Å². The number of nitrogens with zero attached hydrogens (tertiary/aromatic N) is 2. The molecule has 2 aliphatic carbocycles. The number of aryl methyl sites for hydroxylation is 1. The van der Waals surface area contributed by atoms with E-state index >= 15 is 0 Å². The van der Waals surface area contributed by atoms with Crippen LogP contribution in [0.5, 0.6) is 5.75 Å². The lowest BCUT2D eigenvalue weighted by Gasteiger charge is -2.44. The van der Waals surface area contributed by atoms with E-state index in [4.69, 9.17) is 4.74 Å². The fourth-order valence-electron chi connectivity index (χ4n) is 4.66. The summed E-state index contributed by atoms with van der Waals surface area (Å²) < 4.78 is 7.63. The number of aromatic nitrogens is 2. The molecule has 1 heterocycles. The SMILES string of the molecule is CNCCOc1ccccc1C1(Nc2nccn(-c3cc(C(=O)NC4CC4)ccc3C)c2=O)CCC1. The van der Waals surface area contributed by atoms with Gasteiger partial charge >= 0.3 is 0 Å². The number of hydrogen-bond donors (Lipinski definition) is 3. The molecule has 2 aliphatic rings. The third-order valence-electron chi connectivity index (χ3n) is 7.06. The van der Waals surface area contributed by atoms with Crippen molar-refractivity contribution in [3.05, 3.63) is 81.9 Å². The lowest BCUT2D eigenvalue weighted by atomic mass is 9.71.